The molecule has 0 aliphatic rings. The van der Waals surface area contributed by atoms with Crippen molar-refractivity contribution in [2.24, 2.45) is 5.73 Å². The SMILES string of the molecule is NC(=S)c1ncn(-c2ncncc2I)n1. The van der Waals surface area contributed by atoms with Gasteiger partial charge in [-0.05, 0) is 22.6 Å². The van der Waals surface area contributed by atoms with Crippen molar-refractivity contribution in [3.8, 4) is 5.82 Å². The average Bonchev–Trinajstić information content (AvgIpc) is 2.67. The number of rotatable bonds is 2. The maximum absolute atomic E-state index is 5.40. The third kappa shape index (κ3) is 2.09. The molecule has 2 N–H and O–H groups in total. The van der Waals surface area contributed by atoms with Crippen LogP contribution in [0.2, 0.25) is 0 Å². The summed E-state index contributed by atoms with van der Waals surface area (Å²) in [4.78, 5) is 12.1. The second kappa shape index (κ2) is 4.14. The van der Waals surface area contributed by atoms with Crippen LogP contribution in [-0.2, 0) is 0 Å². The molecule has 15 heavy (non-hydrogen) atoms. The molecular weight excluding hydrogens is 327 g/mol. The quantitative estimate of drug-likeness (QED) is 0.629. The highest BCUT2D eigenvalue weighted by molar-refractivity contribution is 14.1. The predicted octanol–water partition coefficient (Wildman–Crippen LogP) is 0.296. The first-order chi connectivity index (χ1) is 7.18. The fraction of sp³-hybridized carbons (Fsp3) is 0. The molecule has 2 aromatic heterocycles. The zero-order chi connectivity index (χ0) is 10.8. The van der Waals surface area contributed by atoms with Gasteiger partial charge in [0.15, 0.2) is 5.82 Å². The van der Waals surface area contributed by atoms with Crippen LogP contribution in [0.1, 0.15) is 5.82 Å². The van der Waals surface area contributed by atoms with Gasteiger partial charge in [-0.15, -0.1) is 5.10 Å². The molecule has 0 atom stereocenters. The van der Waals surface area contributed by atoms with Gasteiger partial charge < -0.3 is 5.73 Å². The van der Waals surface area contributed by atoms with Crippen LogP contribution < -0.4 is 5.73 Å². The van der Waals surface area contributed by atoms with Crippen LogP contribution in [0.25, 0.3) is 5.82 Å². The Balaban J connectivity index is 2.46. The molecule has 0 radical (unpaired) electrons. The zero-order valence-electron chi connectivity index (χ0n) is 7.33. The van der Waals surface area contributed by atoms with Gasteiger partial charge in [-0.2, -0.15) is 0 Å². The number of aromatic nitrogens is 5. The van der Waals surface area contributed by atoms with Crippen molar-refractivity contribution in [3.05, 3.63) is 28.2 Å². The third-order valence-corrected chi connectivity index (χ3v) is 2.52. The molecule has 2 heterocycles. The van der Waals surface area contributed by atoms with Crippen molar-refractivity contribution in [2.45, 2.75) is 0 Å². The minimum absolute atomic E-state index is 0.165. The van der Waals surface area contributed by atoms with E-state index in [0.29, 0.717) is 11.6 Å². The van der Waals surface area contributed by atoms with Gasteiger partial charge in [0.2, 0.25) is 5.82 Å². The second-order valence-corrected chi connectivity index (χ2v) is 4.17. The number of hydrogen-bond donors (Lipinski definition) is 1. The van der Waals surface area contributed by atoms with Gasteiger partial charge in [0, 0.05) is 6.20 Å². The van der Waals surface area contributed by atoms with Gasteiger partial charge in [-0.3, -0.25) is 0 Å². The molecule has 76 valence electrons. The van der Waals surface area contributed by atoms with Crippen LogP contribution in [0, 0.1) is 3.57 Å². The molecular formula is C7H5IN6S. The minimum atomic E-state index is 0.165. The molecule has 0 aliphatic heterocycles. The first-order valence-corrected chi connectivity index (χ1v) is 5.34. The van der Waals surface area contributed by atoms with E-state index < -0.39 is 0 Å². The summed E-state index contributed by atoms with van der Waals surface area (Å²) in [6.45, 7) is 0. The van der Waals surface area contributed by atoms with E-state index in [4.69, 9.17) is 18.0 Å². The number of nitrogens with zero attached hydrogens (tertiary/aromatic N) is 5. The van der Waals surface area contributed by atoms with E-state index >= 15 is 0 Å². The van der Waals surface area contributed by atoms with E-state index in [-0.39, 0.29) is 4.99 Å². The van der Waals surface area contributed by atoms with Gasteiger partial charge in [-0.25, -0.2) is 19.6 Å². The molecule has 0 aliphatic carbocycles. The Morgan fingerprint density at radius 3 is 2.87 bits per heavy atom. The van der Waals surface area contributed by atoms with Gasteiger partial charge in [-0.1, -0.05) is 12.2 Å². The molecule has 0 fully saturated rings. The lowest BCUT2D eigenvalue weighted by Gasteiger charge is -1.99. The average molecular weight is 332 g/mol. The van der Waals surface area contributed by atoms with Crippen molar-refractivity contribution >= 4 is 39.8 Å². The molecule has 0 saturated heterocycles. The van der Waals surface area contributed by atoms with E-state index in [1.165, 1.54) is 17.3 Å². The Bertz CT molecular complexity index is 510. The van der Waals surface area contributed by atoms with E-state index in [1.807, 2.05) is 0 Å². The van der Waals surface area contributed by atoms with Gasteiger partial charge in [0.25, 0.3) is 0 Å². The van der Waals surface area contributed by atoms with Crippen LogP contribution >= 0.6 is 34.8 Å². The molecule has 0 unspecified atom stereocenters. The van der Waals surface area contributed by atoms with E-state index in [9.17, 15) is 0 Å². The normalized spacial score (nSPS) is 10.2. The Morgan fingerprint density at radius 2 is 2.27 bits per heavy atom. The van der Waals surface area contributed by atoms with E-state index in [0.717, 1.165) is 3.57 Å². The zero-order valence-corrected chi connectivity index (χ0v) is 10.3. The highest BCUT2D eigenvalue weighted by Crippen LogP contribution is 2.10. The molecule has 6 nitrogen and oxygen atoms in total. The molecule has 0 aromatic carbocycles. The maximum Gasteiger partial charge on any atom is 0.208 e. The number of hydrogen-bond acceptors (Lipinski definition) is 5. The van der Waals surface area contributed by atoms with Crippen LogP contribution in [0.3, 0.4) is 0 Å². The topological polar surface area (TPSA) is 82.5 Å². The summed E-state index contributed by atoms with van der Waals surface area (Å²) < 4.78 is 2.38. The molecule has 0 saturated carbocycles. The molecule has 0 bridgehead atoms. The van der Waals surface area contributed by atoms with E-state index in [2.05, 4.69) is 42.6 Å². The molecule has 2 aromatic rings. The molecule has 8 heteroatoms. The van der Waals surface area contributed by atoms with Gasteiger partial charge >= 0.3 is 0 Å². The first-order valence-electron chi connectivity index (χ1n) is 3.86. The van der Waals surface area contributed by atoms with Crippen LogP contribution in [0.5, 0.6) is 0 Å². The lowest BCUT2D eigenvalue weighted by Crippen LogP contribution is -2.12. The molecule has 0 spiro atoms. The summed E-state index contributed by atoms with van der Waals surface area (Å²) in [6.07, 6.45) is 4.64. The van der Waals surface area contributed by atoms with Crippen LogP contribution in [-0.4, -0.2) is 29.7 Å². The predicted molar refractivity (Wildman–Crippen MR) is 65.6 cm³/mol. The number of nitrogens with two attached hydrogens (primary N) is 1. The first kappa shape index (κ1) is 10.4. The Morgan fingerprint density at radius 1 is 1.47 bits per heavy atom. The summed E-state index contributed by atoms with van der Waals surface area (Å²) in [5.74, 6) is 0.986. The van der Waals surface area contributed by atoms with Crippen molar-refractivity contribution in [1.82, 2.24) is 24.7 Å². The van der Waals surface area contributed by atoms with Crippen LogP contribution in [0.15, 0.2) is 18.9 Å². The Hall–Kier alpha value is -1.16. The standard InChI is InChI=1S/C7H5IN6S/c8-4-1-10-2-11-7(4)14-3-12-6(13-14)5(9)15/h1-3H,(H2,9,15). The molecule has 2 rings (SSSR count). The summed E-state index contributed by atoms with van der Waals surface area (Å²) in [7, 11) is 0. The smallest absolute Gasteiger partial charge is 0.208 e. The Labute approximate surface area is 104 Å². The fourth-order valence-electron chi connectivity index (χ4n) is 0.953. The lowest BCUT2D eigenvalue weighted by atomic mass is 10.6. The van der Waals surface area contributed by atoms with E-state index in [1.54, 1.807) is 6.20 Å². The van der Waals surface area contributed by atoms with Crippen LogP contribution in [0.4, 0.5) is 0 Å². The molecule has 0 amide bonds. The summed E-state index contributed by atoms with van der Waals surface area (Å²) in [5.41, 5.74) is 5.40. The highest BCUT2D eigenvalue weighted by Gasteiger charge is 2.08. The lowest BCUT2D eigenvalue weighted by molar-refractivity contribution is 0.828. The Kier molecular flexibility index (Phi) is 2.86. The monoisotopic (exact) mass is 332 g/mol. The maximum atomic E-state index is 5.40. The largest absolute Gasteiger partial charge is 0.387 e. The number of halogens is 1. The summed E-state index contributed by atoms with van der Waals surface area (Å²) in [6, 6.07) is 0. The van der Waals surface area contributed by atoms with Crippen molar-refractivity contribution < 1.29 is 0 Å². The second-order valence-electron chi connectivity index (χ2n) is 2.57. The third-order valence-electron chi connectivity index (χ3n) is 1.58. The minimum Gasteiger partial charge on any atom is -0.387 e. The van der Waals surface area contributed by atoms with Crippen molar-refractivity contribution in [1.29, 1.82) is 0 Å². The number of thiocarbonyl (C=S) groups is 1. The van der Waals surface area contributed by atoms with Crippen molar-refractivity contribution in [2.75, 3.05) is 0 Å². The van der Waals surface area contributed by atoms with Gasteiger partial charge in [0.1, 0.15) is 17.6 Å². The summed E-state index contributed by atoms with van der Waals surface area (Å²) in [5, 5.41) is 4.09. The fourth-order valence-corrected chi connectivity index (χ4v) is 1.59. The highest BCUT2D eigenvalue weighted by atomic mass is 127. The summed E-state index contributed by atoms with van der Waals surface area (Å²) >= 11 is 6.88. The van der Waals surface area contributed by atoms with Gasteiger partial charge in [0.05, 0.1) is 3.57 Å². The van der Waals surface area contributed by atoms with Crippen molar-refractivity contribution in [3.63, 3.8) is 0 Å².